The Morgan fingerprint density at radius 2 is 1.69 bits per heavy atom. The van der Waals surface area contributed by atoms with E-state index in [1.165, 1.54) is 12.1 Å². The minimum absolute atomic E-state index is 0. The average Bonchev–Trinajstić information content (AvgIpc) is 2.03. The van der Waals surface area contributed by atoms with Crippen LogP contribution in [0.5, 0.6) is 0 Å². The summed E-state index contributed by atoms with van der Waals surface area (Å²) in [6.07, 6.45) is 1.59. The van der Waals surface area contributed by atoms with Gasteiger partial charge in [-0.25, -0.2) is 0 Å². The van der Waals surface area contributed by atoms with E-state index in [0.29, 0.717) is 0 Å². The summed E-state index contributed by atoms with van der Waals surface area (Å²) in [5.41, 5.74) is 0.808. The number of hydrogen-bond donors (Lipinski definition) is 1. The predicted molar refractivity (Wildman–Crippen MR) is 53.5 cm³/mol. The van der Waals surface area contributed by atoms with Crippen molar-refractivity contribution >= 4 is 74.4 Å². The Bertz CT molecular complexity index is 380. The third-order valence-corrected chi connectivity index (χ3v) is 2.28. The first-order valence-electron chi connectivity index (χ1n) is 3.24. The van der Waals surface area contributed by atoms with E-state index in [-0.39, 0.29) is 63.1 Å². The third kappa shape index (κ3) is 4.14. The molecule has 0 bridgehead atoms. The average molecular weight is 271 g/mol. The van der Waals surface area contributed by atoms with Crippen molar-refractivity contribution < 1.29 is 13.0 Å². The fourth-order valence-corrected chi connectivity index (χ4v) is 1.26. The van der Waals surface area contributed by atoms with Gasteiger partial charge in [0, 0.05) is 0 Å². The molecule has 0 saturated heterocycles. The Labute approximate surface area is 126 Å². The molecule has 0 heterocycles. The molecule has 1 aromatic rings. The molecule has 1 N–H and O–H groups in total. The van der Waals surface area contributed by atoms with Gasteiger partial charge in [-0.1, -0.05) is 24.8 Å². The molecular weight excluding hydrogens is 262 g/mol. The minimum atomic E-state index is -4.06. The van der Waals surface area contributed by atoms with Crippen LogP contribution in [-0.4, -0.2) is 71.2 Å². The summed E-state index contributed by atoms with van der Waals surface area (Å²) in [7, 11) is -4.06. The van der Waals surface area contributed by atoms with Gasteiger partial charge in [-0.15, -0.1) is 0 Å². The molecule has 0 aliphatic heterocycles. The molecule has 0 saturated carbocycles. The number of rotatable bonds is 2. The van der Waals surface area contributed by atoms with Crippen molar-refractivity contribution in [1.29, 1.82) is 0 Å². The number of hydrogen-bond acceptors (Lipinski definition) is 2. The zero-order chi connectivity index (χ0) is 9.19. The van der Waals surface area contributed by atoms with Crippen LogP contribution in [0.25, 0.3) is 6.08 Å². The monoisotopic (exact) mass is 270 g/mol. The van der Waals surface area contributed by atoms with Crippen molar-refractivity contribution in [3.8, 4) is 0 Å². The molecule has 0 aliphatic carbocycles. The maximum atomic E-state index is 10.6. The van der Waals surface area contributed by atoms with Crippen LogP contribution in [0.4, 0.5) is 0 Å². The Balaban J connectivity index is 0.00000144. The summed E-state index contributed by atoms with van der Waals surface area (Å²) in [6.45, 7) is 3.51. The molecule has 0 radical (unpaired) electrons. The molecule has 1 rings (SSSR count). The van der Waals surface area contributed by atoms with Crippen LogP contribution in [0, 0.1) is 0 Å². The molecule has 0 amide bonds. The van der Waals surface area contributed by atoms with Crippen LogP contribution in [0.1, 0.15) is 5.56 Å². The zero-order valence-corrected chi connectivity index (χ0v) is 7.08. The quantitative estimate of drug-likeness (QED) is 0.814. The fraction of sp³-hybridized carbons (Fsp3) is 0. The SMILES string of the molecule is C=Cc1ccc(S(=O)(=O)O)cc1.[RbH]. The van der Waals surface area contributed by atoms with Crippen molar-refractivity contribution in [2.45, 2.75) is 4.90 Å². The van der Waals surface area contributed by atoms with Gasteiger partial charge in [0.2, 0.25) is 0 Å². The molecule has 0 fully saturated rings. The summed E-state index contributed by atoms with van der Waals surface area (Å²) in [6, 6.07) is 5.78. The standard InChI is InChI=1S/C8H8O3S.Rb.H/c1-2-7-3-5-8(6-4-7)12(9,10)11;;/h2-6H,1H2,(H,9,10,11);;. The topological polar surface area (TPSA) is 54.4 Å². The van der Waals surface area contributed by atoms with E-state index in [2.05, 4.69) is 6.58 Å². The Hall–Kier alpha value is 0.675. The first-order valence-corrected chi connectivity index (χ1v) is 4.68. The normalized spacial score (nSPS) is 10.2. The molecule has 66 valence electrons. The van der Waals surface area contributed by atoms with E-state index in [1.54, 1.807) is 18.2 Å². The van der Waals surface area contributed by atoms with Crippen LogP contribution >= 0.6 is 0 Å². The van der Waals surface area contributed by atoms with E-state index in [4.69, 9.17) is 4.55 Å². The van der Waals surface area contributed by atoms with Gasteiger partial charge >= 0.3 is 58.2 Å². The summed E-state index contributed by atoms with van der Waals surface area (Å²) in [5, 5.41) is 0. The molecule has 0 spiro atoms. The van der Waals surface area contributed by atoms with Crippen LogP contribution in [0.2, 0.25) is 0 Å². The van der Waals surface area contributed by atoms with Gasteiger partial charge in [0.05, 0.1) is 4.90 Å². The van der Waals surface area contributed by atoms with Crippen LogP contribution in [0.15, 0.2) is 35.7 Å². The molecule has 0 aliphatic rings. The second-order valence-corrected chi connectivity index (χ2v) is 3.67. The molecular formula is C8H9O3RbS. The molecule has 0 aromatic heterocycles. The summed E-state index contributed by atoms with van der Waals surface area (Å²) < 4.78 is 29.7. The summed E-state index contributed by atoms with van der Waals surface area (Å²) in [5.74, 6) is 0. The molecule has 5 heteroatoms. The van der Waals surface area contributed by atoms with Gasteiger partial charge in [0.25, 0.3) is 10.1 Å². The molecule has 0 atom stereocenters. The van der Waals surface area contributed by atoms with Crippen LogP contribution in [-0.2, 0) is 10.1 Å². The molecule has 13 heavy (non-hydrogen) atoms. The van der Waals surface area contributed by atoms with Gasteiger partial charge in [0.15, 0.2) is 0 Å². The predicted octanol–water partition coefficient (Wildman–Crippen LogP) is 0.928. The first kappa shape index (κ1) is 13.7. The number of benzene rings is 1. The second kappa shape index (κ2) is 5.53. The second-order valence-electron chi connectivity index (χ2n) is 2.25. The molecule has 3 nitrogen and oxygen atoms in total. The Kier molecular flexibility index (Phi) is 5.82. The van der Waals surface area contributed by atoms with E-state index in [1.807, 2.05) is 0 Å². The van der Waals surface area contributed by atoms with Crippen molar-refractivity contribution in [3.63, 3.8) is 0 Å². The third-order valence-electron chi connectivity index (χ3n) is 1.41. The van der Waals surface area contributed by atoms with Crippen molar-refractivity contribution in [1.82, 2.24) is 0 Å². The fourth-order valence-electron chi connectivity index (χ4n) is 0.776. The van der Waals surface area contributed by atoms with Gasteiger partial charge in [0.1, 0.15) is 0 Å². The van der Waals surface area contributed by atoms with E-state index >= 15 is 0 Å². The van der Waals surface area contributed by atoms with Gasteiger partial charge in [-0.05, 0) is 17.7 Å². The first-order chi connectivity index (χ1) is 5.54. The van der Waals surface area contributed by atoms with Gasteiger partial charge in [-0.2, -0.15) is 8.42 Å². The van der Waals surface area contributed by atoms with Crippen molar-refractivity contribution in [3.05, 3.63) is 36.4 Å². The molecule has 1 aromatic carbocycles. The maximum absolute atomic E-state index is 10.6. The van der Waals surface area contributed by atoms with Crippen LogP contribution in [0.3, 0.4) is 0 Å². The van der Waals surface area contributed by atoms with E-state index in [9.17, 15) is 8.42 Å². The Morgan fingerprint density at radius 1 is 1.23 bits per heavy atom. The summed E-state index contributed by atoms with van der Waals surface area (Å²) in [4.78, 5) is -0.104. The van der Waals surface area contributed by atoms with E-state index in [0.717, 1.165) is 5.56 Å². The van der Waals surface area contributed by atoms with Crippen molar-refractivity contribution in [2.24, 2.45) is 0 Å². The molecule has 0 unspecified atom stereocenters. The van der Waals surface area contributed by atoms with Crippen molar-refractivity contribution in [2.75, 3.05) is 0 Å². The summed E-state index contributed by atoms with van der Waals surface area (Å²) >= 11 is 0. The van der Waals surface area contributed by atoms with Gasteiger partial charge in [-0.3, -0.25) is 4.55 Å². The zero-order valence-electron chi connectivity index (χ0n) is 6.27. The van der Waals surface area contributed by atoms with Gasteiger partial charge < -0.3 is 0 Å². The van der Waals surface area contributed by atoms with E-state index < -0.39 is 10.1 Å². The van der Waals surface area contributed by atoms with Crippen LogP contribution < -0.4 is 0 Å². The Morgan fingerprint density at radius 3 is 2.00 bits per heavy atom.